The van der Waals surface area contributed by atoms with Crippen molar-refractivity contribution in [3.05, 3.63) is 11.6 Å². The summed E-state index contributed by atoms with van der Waals surface area (Å²) in [7, 11) is 0. The Morgan fingerprint density at radius 3 is 2.59 bits per heavy atom. The van der Waals surface area contributed by atoms with Gasteiger partial charge in [-0.1, -0.05) is 39.3 Å². The maximum absolute atomic E-state index is 13.2. The number of aliphatic hydroxyl groups is 1. The highest BCUT2D eigenvalue weighted by Crippen LogP contribution is 2.67. The highest BCUT2D eigenvalue weighted by molar-refractivity contribution is 5.78. The normalized spacial score (nSPS) is 42.4. The molecular weight excluding hydrogens is 460 g/mol. The summed E-state index contributed by atoms with van der Waals surface area (Å²) < 4.78 is 0. The number of allylic oxidation sites excluding steroid dienone is 1. The molecule has 4 aliphatic carbocycles. The van der Waals surface area contributed by atoms with Crippen LogP contribution in [0.15, 0.2) is 11.6 Å². The number of amides is 2. The van der Waals surface area contributed by atoms with Gasteiger partial charge in [0.2, 0.25) is 11.8 Å². The van der Waals surface area contributed by atoms with Gasteiger partial charge in [-0.2, -0.15) is 0 Å². The summed E-state index contributed by atoms with van der Waals surface area (Å²) in [6, 6.07) is 0.117. The minimum absolute atomic E-state index is 0.117. The Bertz CT molecular complexity index is 916. The Morgan fingerprint density at radius 1 is 1.08 bits per heavy atom. The predicted molar refractivity (Wildman–Crippen MR) is 148 cm³/mol. The molecule has 1 unspecified atom stereocenters. The molecule has 208 valence electrons. The monoisotopic (exact) mass is 512 g/mol. The molecule has 0 bridgehead atoms. The number of hydrogen-bond acceptors (Lipinski definition) is 3. The van der Waals surface area contributed by atoms with E-state index in [0.717, 1.165) is 49.4 Å². The number of carbonyl (C=O) groups is 2. The van der Waals surface area contributed by atoms with E-state index in [1.165, 1.54) is 32.1 Å². The number of carbonyl (C=O) groups excluding carboxylic acids is 2. The number of nitrogens with zero attached hydrogens (tertiary/aromatic N) is 2. The smallest absolute Gasteiger partial charge is 0.222 e. The second kappa shape index (κ2) is 10.3. The summed E-state index contributed by atoms with van der Waals surface area (Å²) >= 11 is 0. The molecule has 1 N–H and O–H groups in total. The van der Waals surface area contributed by atoms with Gasteiger partial charge in [-0.15, -0.1) is 0 Å². The zero-order chi connectivity index (χ0) is 26.5. The molecule has 1 aliphatic heterocycles. The number of rotatable bonds is 5. The number of hydrogen-bond donors (Lipinski definition) is 1. The molecule has 5 nitrogen and oxygen atoms in total. The van der Waals surface area contributed by atoms with Crippen molar-refractivity contribution >= 4 is 11.8 Å². The first-order valence-corrected chi connectivity index (χ1v) is 15.5. The Balaban J connectivity index is 1.19. The molecule has 2 amide bonds. The van der Waals surface area contributed by atoms with Crippen LogP contribution in [0, 0.1) is 40.4 Å². The molecule has 0 aromatic rings. The topological polar surface area (TPSA) is 60.9 Å². The van der Waals surface area contributed by atoms with Crippen LogP contribution in [0.1, 0.15) is 105 Å². The van der Waals surface area contributed by atoms with E-state index in [9.17, 15) is 14.7 Å². The molecule has 5 aliphatic rings. The van der Waals surface area contributed by atoms with E-state index in [1.807, 2.05) is 16.7 Å². The van der Waals surface area contributed by atoms with Gasteiger partial charge in [-0.25, -0.2) is 0 Å². The van der Waals surface area contributed by atoms with Crippen LogP contribution in [0.3, 0.4) is 0 Å². The van der Waals surface area contributed by atoms with Gasteiger partial charge in [0.15, 0.2) is 0 Å². The molecule has 37 heavy (non-hydrogen) atoms. The van der Waals surface area contributed by atoms with Gasteiger partial charge in [0.1, 0.15) is 0 Å². The molecule has 0 radical (unpaired) electrons. The van der Waals surface area contributed by atoms with E-state index < -0.39 is 0 Å². The number of fused-ring (bicyclic) bond motifs is 5. The molecule has 1 heterocycles. The van der Waals surface area contributed by atoms with Crippen LogP contribution in [0.4, 0.5) is 0 Å². The quantitative estimate of drug-likeness (QED) is 0.473. The lowest BCUT2D eigenvalue weighted by molar-refractivity contribution is -0.142. The van der Waals surface area contributed by atoms with Gasteiger partial charge < -0.3 is 14.9 Å². The molecule has 3 saturated carbocycles. The average molecular weight is 513 g/mol. The first kappa shape index (κ1) is 27.2. The summed E-state index contributed by atoms with van der Waals surface area (Å²) in [5, 5.41) is 10.3. The first-order chi connectivity index (χ1) is 17.6. The summed E-state index contributed by atoms with van der Waals surface area (Å²) in [5.74, 6) is 4.16. The van der Waals surface area contributed by atoms with E-state index in [0.29, 0.717) is 49.2 Å². The first-order valence-electron chi connectivity index (χ1n) is 15.5. The maximum Gasteiger partial charge on any atom is 0.222 e. The van der Waals surface area contributed by atoms with Crippen molar-refractivity contribution in [3.8, 4) is 0 Å². The maximum atomic E-state index is 13.2. The van der Waals surface area contributed by atoms with Gasteiger partial charge in [0.25, 0.3) is 0 Å². The molecule has 0 spiro atoms. The van der Waals surface area contributed by atoms with Gasteiger partial charge >= 0.3 is 0 Å². The zero-order valence-corrected chi connectivity index (χ0v) is 24.2. The molecule has 0 aromatic carbocycles. The summed E-state index contributed by atoms with van der Waals surface area (Å²) in [6.07, 6.45) is 14.2. The van der Waals surface area contributed by atoms with Crippen molar-refractivity contribution < 1.29 is 14.7 Å². The fraction of sp³-hybridized carbons (Fsp3) is 0.875. The standard InChI is InChI=1S/C32H52N2O3/c1-6-29(36)34-18-17-33(20-22(34)3)30(37)12-7-21(2)26-10-11-27-25-9-8-23-19-24(35)13-15-31(23,4)28(25)14-16-32(26,27)5/h8,21-22,24-28,35H,6-7,9-20H2,1-5H3/t21?,22-,24-,25-,26+,27-,28-,31-,32+/m0/s1. The van der Waals surface area contributed by atoms with Crippen LogP contribution in [0.2, 0.25) is 0 Å². The fourth-order valence-electron chi connectivity index (χ4n) is 10.1. The Hall–Kier alpha value is -1.36. The van der Waals surface area contributed by atoms with Gasteiger partial charge in [-0.05, 0) is 105 Å². The highest BCUT2D eigenvalue weighted by atomic mass is 16.3. The second-order valence-electron chi connectivity index (χ2n) is 14.0. The fourth-order valence-corrected chi connectivity index (χ4v) is 10.1. The lowest BCUT2D eigenvalue weighted by atomic mass is 9.47. The van der Waals surface area contributed by atoms with Crippen molar-refractivity contribution in [2.45, 2.75) is 117 Å². The van der Waals surface area contributed by atoms with Crippen LogP contribution in [-0.4, -0.2) is 58.5 Å². The molecular formula is C32H52N2O3. The number of piperazine rings is 1. The minimum atomic E-state index is -0.130. The third-order valence-electron chi connectivity index (χ3n) is 12.3. The molecule has 4 fully saturated rings. The molecule has 0 aromatic heterocycles. The van der Waals surface area contributed by atoms with Gasteiger partial charge in [-0.3, -0.25) is 9.59 Å². The van der Waals surface area contributed by atoms with E-state index in [2.05, 4.69) is 33.8 Å². The third-order valence-corrected chi connectivity index (χ3v) is 12.3. The zero-order valence-electron chi connectivity index (χ0n) is 24.2. The van der Waals surface area contributed by atoms with Crippen LogP contribution in [0.25, 0.3) is 0 Å². The van der Waals surface area contributed by atoms with E-state index >= 15 is 0 Å². The van der Waals surface area contributed by atoms with Gasteiger partial charge in [0, 0.05) is 38.5 Å². The van der Waals surface area contributed by atoms with Crippen LogP contribution in [0.5, 0.6) is 0 Å². The molecule has 9 atom stereocenters. The highest BCUT2D eigenvalue weighted by Gasteiger charge is 2.59. The largest absolute Gasteiger partial charge is 0.393 e. The molecule has 5 rings (SSSR count). The van der Waals surface area contributed by atoms with E-state index in [4.69, 9.17) is 0 Å². The summed E-state index contributed by atoms with van der Waals surface area (Å²) in [4.78, 5) is 29.3. The summed E-state index contributed by atoms with van der Waals surface area (Å²) in [5.41, 5.74) is 2.27. The van der Waals surface area contributed by atoms with E-state index in [-0.39, 0.29) is 24.0 Å². The van der Waals surface area contributed by atoms with Crippen molar-refractivity contribution in [2.24, 2.45) is 40.4 Å². The van der Waals surface area contributed by atoms with Crippen molar-refractivity contribution in [1.82, 2.24) is 9.80 Å². The van der Waals surface area contributed by atoms with Crippen molar-refractivity contribution in [1.29, 1.82) is 0 Å². The lowest BCUT2D eigenvalue weighted by Gasteiger charge is -2.58. The minimum Gasteiger partial charge on any atom is -0.393 e. The Kier molecular flexibility index (Phi) is 7.59. The van der Waals surface area contributed by atoms with Crippen molar-refractivity contribution in [2.75, 3.05) is 19.6 Å². The third kappa shape index (κ3) is 4.70. The van der Waals surface area contributed by atoms with Crippen LogP contribution in [-0.2, 0) is 9.59 Å². The predicted octanol–water partition coefficient (Wildman–Crippen LogP) is 5.81. The summed E-state index contributed by atoms with van der Waals surface area (Å²) in [6.45, 7) is 13.6. The van der Waals surface area contributed by atoms with Crippen molar-refractivity contribution in [3.63, 3.8) is 0 Å². The van der Waals surface area contributed by atoms with Gasteiger partial charge in [0.05, 0.1) is 6.10 Å². The molecule has 5 heteroatoms. The van der Waals surface area contributed by atoms with E-state index in [1.54, 1.807) is 5.57 Å². The Morgan fingerprint density at radius 2 is 1.86 bits per heavy atom. The number of aliphatic hydroxyl groups excluding tert-OH is 1. The van der Waals surface area contributed by atoms with Crippen LogP contribution >= 0.6 is 0 Å². The SMILES string of the molecule is CCC(=O)N1CCN(C(=O)CCC(C)[C@H]2CC[C@H]3[C@@H]4CC=C5C[C@@H](O)CC[C@]5(C)[C@H]4CC[C@]23C)C[C@@H]1C. The Labute approximate surface area is 225 Å². The second-order valence-corrected chi connectivity index (χ2v) is 14.0. The molecule has 1 saturated heterocycles. The van der Waals surface area contributed by atoms with Crippen LogP contribution < -0.4 is 0 Å². The lowest BCUT2D eigenvalue weighted by Crippen LogP contribution is -2.55. The average Bonchev–Trinajstić information content (AvgIpc) is 3.24.